The minimum absolute atomic E-state index is 0.0799. The first kappa shape index (κ1) is 16.9. The number of rotatable bonds is 5. The molecule has 1 saturated heterocycles. The maximum Gasteiger partial charge on any atom is 0.231 e. The van der Waals surface area contributed by atoms with Crippen molar-refractivity contribution in [3.8, 4) is 11.5 Å². The molecular weight excluding hydrogens is 328 g/mol. The van der Waals surface area contributed by atoms with Crippen molar-refractivity contribution >= 4 is 5.91 Å². The van der Waals surface area contributed by atoms with Crippen molar-refractivity contribution in [2.45, 2.75) is 32.6 Å². The van der Waals surface area contributed by atoms with Crippen molar-refractivity contribution in [3.63, 3.8) is 0 Å². The lowest BCUT2D eigenvalue weighted by Crippen LogP contribution is -2.46. The fourth-order valence-electron chi connectivity index (χ4n) is 3.90. The molecule has 3 heterocycles. The van der Waals surface area contributed by atoms with Crippen LogP contribution in [-0.4, -0.2) is 35.7 Å². The highest BCUT2D eigenvalue weighted by atomic mass is 16.7. The van der Waals surface area contributed by atoms with Gasteiger partial charge in [0.1, 0.15) is 0 Å². The molecule has 2 aliphatic heterocycles. The largest absolute Gasteiger partial charge is 0.454 e. The Kier molecular flexibility index (Phi) is 4.53. The highest BCUT2D eigenvalue weighted by molar-refractivity contribution is 5.77. The smallest absolute Gasteiger partial charge is 0.231 e. The van der Waals surface area contributed by atoms with E-state index in [1.165, 1.54) is 11.1 Å². The molecule has 0 spiro atoms. The maximum absolute atomic E-state index is 12.4. The number of ether oxygens (including phenoxy) is 2. The zero-order valence-corrected chi connectivity index (χ0v) is 15.1. The number of piperidine rings is 1. The molecule has 0 unspecified atom stereocenters. The van der Waals surface area contributed by atoms with Gasteiger partial charge in [0.05, 0.1) is 0 Å². The van der Waals surface area contributed by atoms with Crippen LogP contribution in [0.15, 0.2) is 42.7 Å². The molecule has 136 valence electrons. The van der Waals surface area contributed by atoms with Crippen LogP contribution in [0.25, 0.3) is 0 Å². The van der Waals surface area contributed by atoms with Crippen molar-refractivity contribution in [2.24, 2.45) is 5.41 Å². The number of carbonyl (C=O) groups is 1. The van der Waals surface area contributed by atoms with Crippen LogP contribution in [0.1, 0.15) is 30.9 Å². The number of carbonyl (C=O) groups excluding carboxylic acids is 1. The Labute approximate surface area is 153 Å². The van der Waals surface area contributed by atoms with E-state index in [1.54, 1.807) is 6.20 Å². The summed E-state index contributed by atoms with van der Waals surface area (Å²) >= 11 is 0. The standard InChI is InChI=1S/C21H24N2O3/c1-21(12-17-4-5-18-19(11-17)26-15-25-18)8-6-20(24)23(14-21)10-7-16-3-2-9-22-13-16/h2-5,9,11,13H,6-8,10,12,14-15H2,1H3/t21-/m0/s1. The third-order valence-corrected chi connectivity index (χ3v) is 5.33. The topological polar surface area (TPSA) is 51.7 Å². The summed E-state index contributed by atoms with van der Waals surface area (Å²) in [5, 5.41) is 0. The van der Waals surface area contributed by atoms with E-state index < -0.39 is 0 Å². The van der Waals surface area contributed by atoms with E-state index in [0.29, 0.717) is 13.2 Å². The zero-order chi connectivity index (χ0) is 18.0. The predicted octanol–water partition coefficient (Wildman–Crippen LogP) is 3.22. The summed E-state index contributed by atoms with van der Waals surface area (Å²) in [4.78, 5) is 18.6. The van der Waals surface area contributed by atoms with Crippen molar-refractivity contribution in [3.05, 3.63) is 53.9 Å². The molecule has 2 aliphatic rings. The second-order valence-corrected chi connectivity index (χ2v) is 7.60. The Balaban J connectivity index is 1.42. The fourth-order valence-corrected chi connectivity index (χ4v) is 3.90. The number of fused-ring (bicyclic) bond motifs is 1. The molecule has 5 nitrogen and oxygen atoms in total. The van der Waals surface area contributed by atoms with E-state index >= 15 is 0 Å². The molecule has 1 amide bonds. The van der Waals surface area contributed by atoms with Crippen molar-refractivity contribution in [1.82, 2.24) is 9.88 Å². The molecule has 0 N–H and O–H groups in total. The van der Waals surface area contributed by atoms with Crippen LogP contribution in [0.5, 0.6) is 11.5 Å². The molecule has 5 heteroatoms. The number of benzene rings is 1. The van der Waals surface area contributed by atoms with Gasteiger partial charge >= 0.3 is 0 Å². The Morgan fingerprint density at radius 3 is 2.92 bits per heavy atom. The van der Waals surface area contributed by atoms with Crippen LogP contribution in [-0.2, 0) is 17.6 Å². The Hall–Kier alpha value is -2.56. The first-order chi connectivity index (χ1) is 12.6. The van der Waals surface area contributed by atoms with E-state index in [-0.39, 0.29) is 11.3 Å². The Morgan fingerprint density at radius 2 is 2.08 bits per heavy atom. The van der Waals surface area contributed by atoms with Gasteiger partial charge in [-0.15, -0.1) is 0 Å². The Morgan fingerprint density at radius 1 is 1.19 bits per heavy atom. The summed E-state index contributed by atoms with van der Waals surface area (Å²) in [5.74, 6) is 1.90. The van der Waals surface area contributed by atoms with Crippen LogP contribution < -0.4 is 9.47 Å². The molecule has 4 rings (SSSR count). The zero-order valence-electron chi connectivity index (χ0n) is 15.1. The highest BCUT2D eigenvalue weighted by Gasteiger charge is 2.35. The van der Waals surface area contributed by atoms with Gasteiger partial charge in [-0.05, 0) is 54.0 Å². The summed E-state index contributed by atoms with van der Waals surface area (Å²) < 4.78 is 10.9. The average Bonchev–Trinajstić information content (AvgIpc) is 3.11. The van der Waals surface area contributed by atoms with Crippen molar-refractivity contribution in [2.75, 3.05) is 19.9 Å². The number of aromatic nitrogens is 1. The maximum atomic E-state index is 12.4. The lowest BCUT2D eigenvalue weighted by atomic mass is 9.76. The lowest BCUT2D eigenvalue weighted by Gasteiger charge is -2.40. The fraction of sp³-hybridized carbons (Fsp3) is 0.429. The van der Waals surface area contributed by atoms with E-state index in [0.717, 1.165) is 43.9 Å². The molecular formula is C21H24N2O3. The van der Waals surface area contributed by atoms with E-state index in [4.69, 9.17) is 9.47 Å². The van der Waals surface area contributed by atoms with Gasteiger partial charge in [0.25, 0.3) is 0 Å². The summed E-state index contributed by atoms with van der Waals surface area (Å²) in [7, 11) is 0. The van der Waals surface area contributed by atoms with Gasteiger partial charge in [0, 0.05) is 31.9 Å². The number of hydrogen-bond acceptors (Lipinski definition) is 4. The van der Waals surface area contributed by atoms with Crippen LogP contribution in [0.2, 0.25) is 0 Å². The van der Waals surface area contributed by atoms with Gasteiger partial charge in [0.2, 0.25) is 12.7 Å². The molecule has 0 radical (unpaired) electrons. The molecule has 0 aliphatic carbocycles. The van der Waals surface area contributed by atoms with Crippen molar-refractivity contribution in [1.29, 1.82) is 0 Å². The predicted molar refractivity (Wildman–Crippen MR) is 98.1 cm³/mol. The van der Waals surface area contributed by atoms with Gasteiger partial charge in [0.15, 0.2) is 11.5 Å². The summed E-state index contributed by atoms with van der Waals surface area (Å²) in [6.45, 7) is 4.12. The normalized spacial score (nSPS) is 21.9. The summed E-state index contributed by atoms with van der Waals surface area (Å²) in [6, 6.07) is 10.2. The average molecular weight is 352 g/mol. The molecule has 2 aromatic rings. The second-order valence-electron chi connectivity index (χ2n) is 7.60. The van der Waals surface area contributed by atoms with Crippen molar-refractivity contribution < 1.29 is 14.3 Å². The van der Waals surface area contributed by atoms with Crippen LogP contribution in [0.3, 0.4) is 0 Å². The SMILES string of the molecule is C[C@@]1(Cc2ccc3c(c2)OCO3)CCC(=O)N(CCc2cccnc2)C1. The number of likely N-dealkylation sites (tertiary alicyclic amines) is 1. The van der Waals surface area contributed by atoms with E-state index in [2.05, 4.69) is 30.1 Å². The van der Waals surface area contributed by atoms with Gasteiger partial charge in [-0.25, -0.2) is 0 Å². The molecule has 0 saturated carbocycles. The quantitative estimate of drug-likeness (QED) is 0.829. The summed E-state index contributed by atoms with van der Waals surface area (Å²) in [6.07, 6.45) is 6.97. The monoisotopic (exact) mass is 352 g/mol. The minimum atomic E-state index is 0.0799. The molecule has 1 aromatic heterocycles. The number of hydrogen-bond donors (Lipinski definition) is 0. The third kappa shape index (κ3) is 3.66. The van der Waals surface area contributed by atoms with Gasteiger partial charge in [-0.2, -0.15) is 0 Å². The number of nitrogens with zero attached hydrogens (tertiary/aromatic N) is 2. The lowest BCUT2D eigenvalue weighted by molar-refractivity contribution is -0.137. The van der Waals surface area contributed by atoms with Crippen LogP contribution in [0.4, 0.5) is 0 Å². The molecule has 0 bridgehead atoms. The number of pyridine rings is 1. The Bertz CT molecular complexity index is 793. The molecule has 1 aromatic carbocycles. The first-order valence-corrected chi connectivity index (χ1v) is 9.17. The molecule has 26 heavy (non-hydrogen) atoms. The first-order valence-electron chi connectivity index (χ1n) is 9.17. The van der Waals surface area contributed by atoms with E-state index in [9.17, 15) is 4.79 Å². The molecule has 1 fully saturated rings. The van der Waals surface area contributed by atoms with Gasteiger partial charge in [-0.3, -0.25) is 9.78 Å². The number of amides is 1. The molecule has 1 atom stereocenters. The van der Waals surface area contributed by atoms with E-state index in [1.807, 2.05) is 23.2 Å². The second kappa shape index (κ2) is 6.98. The van der Waals surface area contributed by atoms with Gasteiger partial charge in [-0.1, -0.05) is 19.1 Å². The summed E-state index contributed by atoms with van der Waals surface area (Å²) in [5.41, 5.74) is 2.48. The minimum Gasteiger partial charge on any atom is -0.454 e. The van der Waals surface area contributed by atoms with Gasteiger partial charge < -0.3 is 14.4 Å². The highest BCUT2D eigenvalue weighted by Crippen LogP contribution is 2.37. The van der Waals surface area contributed by atoms with Crippen LogP contribution >= 0.6 is 0 Å². The third-order valence-electron chi connectivity index (χ3n) is 5.33. The van der Waals surface area contributed by atoms with Crippen LogP contribution in [0, 0.1) is 5.41 Å².